The molecule has 1 aromatic carbocycles. The van der Waals surface area contributed by atoms with Gasteiger partial charge in [-0.3, -0.25) is 0 Å². The highest BCUT2D eigenvalue weighted by atomic mass is 16.6. The van der Waals surface area contributed by atoms with Crippen LogP contribution in [0.4, 0.5) is 5.69 Å². The topological polar surface area (TPSA) is 69.9 Å². The molecule has 0 aromatic heterocycles. The summed E-state index contributed by atoms with van der Waals surface area (Å²) in [5.41, 5.74) is 0.732. The molecule has 0 spiro atoms. The van der Waals surface area contributed by atoms with Crippen LogP contribution in [0.15, 0.2) is 24.3 Å². The van der Waals surface area contributed by atoms with E-state index in [9.17, 15) is 5.21 Å². The number of hydroxylamine groups is 2. The van der Waals surface area contributed by atoms with Crippen LogP contribution in [0.25, 0.3) is 0 Å². The maximum absolute atomic E-state index is 13.1. The van der Waals surface area contributed by atoms with Crippen LogP contribution < -0.4 is 9.38 Å². The normalized spacial score (nSPS) is 32.3. The van der Waals surface area contributed by atoms with E-state index in [0.717, 1.165) is 18.0 Å². The summed E-state index contributed by atoms with van der Waals surface area (Å²) in [6.07, 6.45) is 0.409. The van der Waals surface area contributed by atoms with E-state index in [0.29, 0.717) is 32.9 Å². The van der Waals surface area contributed by atoms with Gasteiger partial charge in [-0.25, -0.2) is 0 Å². The number of ether oxygens (including phenoxy) is 4. The van der Waals surface area contributed by atoms with Gasteiger partial charge < -0.3 is 28.8 Å². The van der Waals surface area contributed by atoms with Gasteiger partial charge in [-0.15, -0.1) is 0 Å². The van der Waals surface area contributed by atoms with Gasteiger partial charge in [0.15, 0.2) is 0 Å². The molecular weight excluding hydrogens is 274 g/mol. The summed E-state index contributed by atoms with van der Waals surface area (Å²) >= 11 is 0. The fourth-order valence-corrected chi connectivity index (χ4v) is 2.46. The summed E-state index contributed by atoms with van der Waals surface area (Å²) in [4.78, 5) is 0. The van der Waals surface area contributed by atoms with Gasteiger partial charge in [0.2, 0.25) is 0 Å². The van der Waals surface area contributed by atoms with E-state index in [-0.39, 0.29) is 23.0 Å². The van der Waals surface area contributed by atoms with Crippen molar-refractivity contribution in [1.29, 1.82) is 0 Å². The van der Waals surface area contributed by atoms with E-state index < -0.39 is 0 Å². The zero-order valence-corrected chi connectivity index (χ0v) is 11.8. The molecule has 6 nitrogen and oxygen atoms in total. The van der Waals surface area contributed by atoms with Crippen molar-refractivity contribution in [1.82, 2.24) is 4.65 Å². The average Bonchev–Trinajstić information content (AvgIpc) is 3.33. The van der Waals surface area contributed by atoms with E-state index in [4.69, 9.17) is 18.9 Å². The number of hydrogen-bond acceptors (Lipinski definition) is 5. The summed E-state index contributed by atoms with van der Waals surface area (Å²) in [7, 11) is 0. The van der Waals surface area contributed by atoms with Gasteiger partial charge in [0.1, 0.15) is 49.4 Å². The van der Waals surface area contributed by atoms with Crippen molar-refractivity contribution in [2.45, 2.75) is 18.3 Å². The average molecular weight is 293 g/mol. The van der Waals surface area contributed by atoms with Gasteiger partial charge in [0.05, 0.1) is 19.8 Å². The molecule has 6 heteroatoms. The van der Waals surface area contributed by atoms with Crippen molar-refractivity contribution >= 4 is 5.69 Å². The second-order valence-corrected chi connectivity index (χ2v) is 5.93. The van der Waals surface area contributed by atoms with Crippen LogP contribution >= 0.6 is 0 Å². The van der Waals surface area contributed by atoms with Gasteiger partial charge in [-0.1, -0.05) is 0 Å². The third-order valence-corrected chi connectivity index (χ3v) is 3.95. The minimum atomic E-state index is -0.388. The molecular formula is C15H19NO5. The zero-order valence-electron chi connectivity index (χ0n) is 11.8. The molecule has 3 heterocycles. The van der Waals surface area contributed by atoms with Crippen molar-refractivity contribution in [3.63, 3.8) is 0 Å². The Kier molecular flexibility index (Phi) is 3.35. The minimum Gasteiger partial charge on any atom is -0.627 e. The van der Waals surface area contributed by atoms with Crippen molar-refractivity contribution in [3.8, 4) is 5.75 Å². The number of quaternary nitrogens is 1. The molecule has 1 aromatic rings. The molecule has 21 heavy (non-hydrogen) atoms. The van der Waals surface area contributed by atoms with E-state index >= 15 is 0 Å². The smallest absolute Gasteiger partial charge is 0.133 e. The van der Waals surface area contributed by atoms with Gasteiger partial charge in [0, 0.05) is 12.1 Å². The van der Waals surface area contributed by atoms with E-state index in [1.54, 1.807) is 0 Å². The molecule has 3 aliphatic heterocycles. The predicted molar refractivity (Wildman–Crippen MR) is 76.1 cm³/mol. The molecule has 3 unspecified atom stereocenters. The minimum absolute atomic E-state index is 0.0872. The SMILES string of the molecule is [O-][N+](CC1CO1)(CC1CO1)c1ccc(OCC2CO2)cc1. The summed E-state index contributed by atoms with van der Waals surface area (Å²) < 4.78 is 20.8. The zero-order chi connectivity index (χ0) is 14.3. The quantitative estimate of drug-likeness (QED) is 0.407. The Labute approximate surface area is 123 Å². The first kappa shape index (κ1) is 13.5. The van der Waals surface area contributed by atoms with Crippen LogP contribution in [-0.4, -0.2) is 57.8 Å². The number of hydrogen-bond donors (Lipinski definition) is 0. The van der Waals surface area contributed by atoms with Crippen LogP contribution in [0.3, 0.4) is 0 Å². The molecule has 3 atom stereocenters. The summed E-state index contributed by atoms with van der Waals surface area (Å²) in [6, 6.07) is 7.40. The Hall–Kier alpha value is -1.18. The van der Waals surface area contributed by atoms with Crippen LogP contribution in [0.2, 0.25) is 0 Å². The third-order valence-electron chi connectivity index (χ3n) is 3.95. The molecule has 0 amide bonds. The fraction of sp³-hybridized carbons (Fsp3) is 0.600. The van der Waals surface area contributed by atoms with Crippen molar-refractivity contribution < 1.29 is 18.9 Å². The Balaban J connectivity index is 1.44. The van der Waals surface area contributed by atoms with Crippen molar-refractivity contribution in [3.05, 3.63) is 29.5 Å². The fourth-order valence-electron chi connectivity index (χ4n) is 2.46. The lowest BCUT2D eigenvalue weighted by molar-refractivity contribution is 0.262. The van der Waals surface area contributed by atoms with Crippen LogP contribution in [0.1, 0.15) is 0 Å². The Morgan fingerprint density at radius 3 is 1.95 bits per heavy atom. The second kappa shape index (κ2) is 5.23. The highest BCUT2D eigenvalue weighted by Gasteiger charge is 2.38. The molecule has 3 saturated heterocycles. The maximum atomic E-state index is 13.1. The van der Waals surface area contributed by atoms with Gasteiger partial charge in [0.25, 0.3) is 0 Å². The molecule has 114 valence electrons. The van der Waals surface area contributed by atoms with Crippen molar-refractivity contribution in [2.24, 2.45) is 0 Å². The summed E-state index contributed by atoms with van der Waals surface area (Å²) in [5.74, 6) is 0.770. The Bertz CT molecular complexity index is 479. The largest absolute Gasteiger partial charge is 0.627 e. The number of rotatable bonds is 8. The first-order valence-electron chi connectivity index (χ1n) is 7.38. The highest BCUT2D eigenvalue weighted by Crippen LogP contribution is 2.30. The molecule has 0 bridgehead atoms. The molecule has 0 radical (unpaired) electrons. The molecule has 4 rings (SSSR count). The van der Waals surface area contributed by atoms with Gasteiger partial charge in [-0.2, -0.15) is 0 Å². The van der Waals surface area contributed by atoms with Crippen LogP contribution in [-0.2, 0) is 14.2 Å². The molecule has 3 aliphatic rings. The van der Waals surface area contributed by atoms with Gasteiger partial charge >= 0.3 is 0 Å². The molecule has 3 fully saturated rings. The van der Waals surface area contributed by atoms with Crippen molar-refractivity contribution in [2.75, 3.05) is 39.5 Å². The van der Waals surface area contributed by atoms with Crippen LogP contribution in [0, 0.1) is 5.21 Å². The first-order chi connectivity index (χ1) is 10.2. The monoisotopic (exact) mass is 293 g/mol. The second-order valence-electron chi connectivity index (χ2n) is 5.93. The Morgan fingerprint density at radius 1 is 0.952 bits per heavy atom. The lowest BCUT2D eigenvalue weighted by atomic mass is 10.2. The molecule has 0 saturated carbocycles. The summed E-state index contributed by atoms with van der Waals surface area (Å²) in [6.45, 7) is 3.64. The lowest BCUT2D eigenvalue weighted by Gasteiger charge is -2.41. The standard InChI is InChI=1S/C15H19NO5/c17-16(5-13-7-19-13,6-14-8-20-14)11-1-3-12(4-2-11)18-9-15-10-21-15/h1-4,13-15H,5-10H2. The molecule has 0 N–H and O–H groups in total. The number of epoxide rings is 3. The lowest BCUT2D eigenvalue weighted by Crippen LogP contribution is -2.48. The van der Waals surface area contributed by atoms with E-state index in [2.05, 4.69) is 0 Å². The number of benzene rings is 1. The third kappa shape index (κ3) is 3.53. The summed E-state index contributed by atoms with van der Waals surface area (Å²) in [5, 5.41) is 13.1. The Morgan fingerprint density at radius 2 is 1.48 bits per heavy atom. The van der Waals surface area contributed by atoms with E-state index in [1.165, 1.54) is 0 Å². The maximum Gasteiger partial charge on any atom is 0.133 e. The molecule has 0 aliphatic carbocycles. The highest BCUT2D eigenvalue weighted by molar-refractivity contribution is 5.47. The van der Waals surface area contributed by atoms with Gasteiger partial charge in [-0.05, 0) is 12.1 Å². The first-order valence-corrected chi connectivity index (χ1v) is 7.38. The van der Waals surface area contributed by atoms with Crippen LogP contribution in [0.5, 0.6) is 5.75 Å². The number of nitrogens with zero attached hydrogens (tertiary/aromatic N) is 1. The predicted octanol–water partition coefficient (Wildman–Crippen LogP) is 1.07. The van der Waals surface area contributed by atoms with E-state index in [1.807, 2.05) is 24.3 Å².